The van der Waals surface area contributed by atoms with E-state index in [-0.39, 0.29) is 0 Å². The SMILES string of the molecule is CCCn1ccnc1-c1ncc(C)c(N)n1. The summed E-state index contributed by atoms with van der Waals surface area (Å²) in [5.74, 6) is 1.87. The van der Waals surface area contributed by atoms with Crippen molar-refractivity contribution in [1.29, 1.82) is 0 Å². The molecule has 5 nitrogen and oxygen atoms in total. The highest BCUT2D eigenvalue weighted by atomic mass is 15.1. The number of hydrogen-bond donors (Lipinski definition) is 1. The largest absolute Gasteiger partial charge is 0.383 e. The first kappa shape index (κ1) is 10.6. The van der Waals surface area contributed by atoms with E-state index in [1.165, 1.54) is 0 Å². The van der Waals surface area contributed by atoms with Crippen molar-refractivity contribution < 1.29 is 0 Å². The average Bonchev–Trinajstić information content (AvgIpc) is 2.71. The van der Waals surface area contributed by atoms with Crippen LogP contribution in [0.4, 0.5) is 5.82 Å². The number of aryl methyl sites for hydroxylation is 2. The lowest BCUT2D eigenvalue weighted by molar-refractivity contribution is 0.682. The van der Waals surface area contributed by atoms with E-state index in [1.54, 1.807) is 12.4 Å². The molecule has 2 aromatic heterocycles. The molecule has 0 fully saturated rings. The zero-order chi connectivity index (χ0) is 11.5. The van der Waals surface area contributed by atoms with Crippen molar-refractivity contribution in [2.45, 2.75) is 26.8 Å². The fraction of sp³-hybridized carbons (Fsp3) is 0.364. The Kier molecular flexibility index (Phi) is 2.85. The summed E-state index contributed by atoms with van der Waals surface area (Å²) in [5, 5.41) is 0. The summed E-state index contributed by atoms with van der Waals surface area (Å²) in [4.78, 5) is 12.7. The van der Waals surface area contributed by atoms with Crippen molar-refractivity contribution in [3.05, 3.63) is 24.2 Å². The molecule has 0 bridgehead atoms. The lowest BCUT2D eigenvalue weighted by Gasteiger charge is -2.06. The molecule has 0 atom stereocenters. The van der Waals surface area contributed by atoms with Gasteiger partial charge in [0.1, 0.15) is 5.82 Å². The lowest BCUT2D eigenvalue weighted by atomic mass is 10.3. The molecule has 0 aliphatic heterocycles. The smallest absolute Gasteiger partial charge is 0.197 e. The first-order valence-electron chi connectivity index (χ1n) is 5.33. The molecule has 84 valence electrons. The number of hydrogen-bond acceptors (Lipinski definition) is 4. The summed E-state index contributed by atoms with van der Waals surface area (Å²) < 4.78 is 2.03. The van der Waals surface area contributed by atoms with Crippen LogP contribution in [0.15, 0.2) is 18.6 Å². The van der Waals surface area contributed by atoms with Gasteiger partial charge < -0.3 is 10.3 Å². The van der Waals surface area contributed by atoms with Gasteiger partial charge in [0, 0.05) is 30.7 Å². The number of imidazole rings is 1. The number of anilines is 1. The normalized spacial score (nSPS) is 10.6. The van der Waals surface area contributed by atoms with E-state index in [4.69, 9.17) is 5.73 Å². The monoisotopic (exact) mass is 217 g/mol. The number of nitrogens with zero attached hydrogens (tertiary/aromatic N) is 4. The molecule has 2 heterocycles. The molecular weight excluding hydrogens is 202 g/mol. The van der Waals surface area contributed by atoms with Gasteiger partial charge in [0.2, 0.25) is 0 Å². The second-order valence-corrected chi connectivity index (χ2v) is 3.71. The topological polar surface area (TPSA) is 69.6 Å². The van der Waals surface area contributed by atoms with E-state index in [0.717, 1.165) is 24.4 Å². The minimum Gasteiger partial charge on any atom is -0.383 e. The van der Waals surface area contributed by atoms with Crippen molar-refractivity contribution in [3.8, 4) is 11.6 Å². The third kappa shape index (κ3) is 1.88. The Labute approximate surface area is 94.4 Å². The van der Waals surface area contributed by atoms with Crippen LogP contribution in [0.25, 0.3) is 11.6 Å². The maximum Gasteiger partial charge on any atom is 0.197 e. The lowest BCUT2D eigenvalue weighted by Crippen LogP contribution is -2.04. The Morgan fingerprint density at radius 1 is 1.38 bits per heavy atom. The van der Waals surface area contributed by atoms with Crippen LogP contribution in [0.1, 0.15) is 18.9 Å². The predicted molar refractivity (Wildman–Crippen MR) is 62.7 cm³/mol. The first-order valence-corrected chi connectivity index (χ1v) is 5.33. The van der Waals surface area contributed by atoms with Crippen molar-refractivity contribution in [2.24, 2.45) is 0 Å². The summed E-state index contributed by atoms with van der Waals surface area (Å²) in [6.07, 6.45) is 6.45. The van der Waals surface area contributed by atoms with Gasteiger partial charge in [-0.1, -0.05) is 6.92 Å². The number of nitrogens with two attached hydrogens (primary N) is 1. The van der Waals surface area contributed by atoms with Gasteiger partial charge in [-0.2, -0.15) is 0 Å². The Morgan fingerprint density at radius 2 is 2.19 bits per heavy atom. The van der Waals surface area contributed by atoms with Crippen LogP contribution in [0.2, 0.25) is 0 Å². The van der Waals surface area contributed by atoms with Crippen LogP contribution in [0.3, 0.4) is 0 Å². The van der Waals surface area contributed by atoms with E-state index in [0.29, 0.717) is 11.6 Å². The van der Waals surface area contributed by atoms with Gasteiger partial charge in [-0.05, 0) is 13.3 Å². The summed E-state index contributed by atoms with van der Waals surface area (Å²) in [6.45, 7) is 4.91. The Hall–Kier alpha value is -1.91. The highest BCUT2D eigenvalue weighted by molar-refractivity contribution is 5.49. The molecule has 2 aromatic rings. The minimum atomic E-state index is 0.510. The van der Waals surface area contributed by atoms with Gasteiger partial charge in [-0.15, -0.1) is 0 Å². The van der Waals surface area contributed by atoms with Crippen LogP contribution in [0, 0.1) is 6.92 Å². The fourth-order valence-electron chi connectivity index (χ4n) is 1.50. The molecule has 0 aliphatic rings. The van der Waals surface area contributed by atoms with Crippen molar-refractivity contribution in [3.63, 3.8) is 0 Å². The summed E-state index contributed by atoms with van der Waals surface area (Å²) in [5.41, 5.74) is 6.65. The van der Waals surface area contributed by atoms with Gasteiger partial charge in [-0.25, -0.2) is 15.0 Å². The second-order valence-electron chi connectivity index (χ2n) is 3.71. The van der Waals surface area contributed by atoms with Crippen LogP contribution in [0.5, 0.6) is 0 Å². The number of aromatic nitrogens is 4. The van der Waals surface area contributed by atoms with E-state index < -0.39 is 0 Å². The molecule has 5 heteroatoms. The average molecular weight is 217 g/mol. The van der Waals surface area contributed by atoms with Gasteiger partial charge in [0.25, 0.3) is 0 Å². The Morgan fingerprint density at radius 3 is 2.88 bits per heavy atom. The van der Waals surface area contributed by atoms with Crippen LogP contribution >= 0.6 is 0 Å². The molecule has 2 N–H and O–H groups in total. The zero-order valence-corrected chi connectivity index (χ0v) is 9.51. The molecule has 0 saturated carbocycles. The standard InChI is InChI=1S/C11H15N5/c1-3-5-16-6-4-13-11(16)10-14-7-8(2)9(12)15-10/h4,6-7H,3,5H2,1-2H3,(H2,12,14,15). The van der Waals surface area contributed by atoms with Gasteiger partial charge >= 0.3 is 0 Å². The van der Waals surface area contributed by atoms with E-state index >= 15 is 0 Å². The maximum atomic E-state index is 5.76. The summed E-state index contributed by atoms with van der Waals surface area (Å²) in [7, 11) is 0. The van der Waals surface area contributed by atoms with E-state index in [9.17, 15) is 0 Å². The number of nitrogen functional groups attached to an aromatic ring is 1. The van der Waals surface area contributed by atoms with E-state index in [2.05, 4.69) is 21.9 Å². The molecule has 16 heavy (non-hydrogen) atoms. The van der Waals surface area contributed by atoms with Gasteiger partial charge in [0.15, 0.2) is 11.6 Å². The van der Waals surface area contributed by atoms with Crippen LogP contribution in [-0.2, 0) is 6.54 Å². The molecule has 0 spiro atoms. The van der Waals surface area contributed by atoms with Crippen molar-refractivity contribution in [2.75, 3.05) is 5.73 Å². The molecular formula is C11H15N5. The third-order valence-corrected chi connectivity index (χ3v) is 2.39. The summed E-state index contributed by atoms with van der Waals surface area (Å²) in [6, 6.07) is 0. The molecule has 2 rings (SSSR count). The predicted octanol–water partition coefficient (Wildman–Crippen LogP) is 1.64. The maximum absolute atomic E-state index is 5.76. The zero-order valence-electron chi connectivity index (χ0n) is 9.51. The van der Waals surface area contributed by atoms with Crippen molar-refractivity contribution in [1.82, 2.24) is 19.5 Å². The van der Waals surface area contributed by atoms with E-state index in [1.807, 2.05) is 17.7 Å². The molecule has 0 amide bonds. The fourth-order valence-corrected chi connectivity index (χ4v) is 1.50. The highest BCUT2D eigenvalue weighted by Gasteiger charge is 2.09. The molecule has 0 radical (unpaired) electrons. The first-order chi connectivity index (χ1) is 7.72. The number of rotatable bonds is 3. The van der Waals surface area contributed by atoms with Crippen molar-refractivity contribution >= 4 is 5.82 Å². The Balaban J connectivity index is 2.42. The molecule has 0 unspecified atom stereocenters. The second kappa shape index (κ2) is 4.30. The Bertz CT molecular complexity index is 489. The molecule has 0 aromatic carbocycles. The quantitative estimate of drug-likeness (QED) is 0.848. The minimum absolute atomic E-state index is 0.510. The molecule has 0 aliphatic carbocycles. The van der Waals surface area contributed by atoms with Crippen LogP contribution < -0.4 is 5.73 Å². The molecule has 0 saturated heterocycles. The third-order valence-electron chi connectivity index (χ3n) is 2.39. The van der Waals surface area contributed by atoms with Gasteiger partial charge in [-0.3, -0.25) is 0 Å². The summed E-state index contributed by atoms with van der Waals surface area (Å²) >= 11 is 0. The van der Waals surface area contributed by atoms with Crippen LogP contribution in [-0.4, -0.2) is 19.5 Å². The highest BCUT2D eigenvalue weighted by Crippen LogP contribution is 2.15. The van der Waals surface area contributed by atoms with Gasteiger partial charge in [0.05, 0.1) is 0 Å².